The first-order chi connectivity index (χ1) is 15.1. The Bertz CT molecular complexity index is 908. The number of ether oxygens (including phenoxy) is 1. The first-order valence-electron chi connectivity index (χ1n) is 11.6. The Morgan fingerprint density at radius 1 is 1.06 bits per heavy atom. The minimum atomic E-state index is -0.457. The van der Waals surface area contributed by atoms with E-state index in [-0.39, 0.29) is 6.09 Å². The first kappa shape index (κ1) is 25.6. The normalized spacial score (nSPS) is 14.8. The van der Waals surface area contributed by atoms with Crippen molar-refractivity contribution in [3.8, 4) is 0 Å². The highest BCUT2D eigenvalue weighted by Gasteiger charge is 2.25. The lowest BCUT2D eigenvalue weighted by atomic mass is 10.1. The van der Waals surface area contributed by atoms with Crippen molar-refractivity contribution in [1.29, 1.82) is 0 Å². The molecule has 1 aromatic carbocycles. The monoisotopic (exact) mass is 445 g/mol. The second-order valence-electron chi connectivity index (χ2n) is 8.92. The molecule has 1 aliphatic rings. The van der Waals surface area contributed by atoms with Crippen LogP contribution in [0.1, 0.15) is 63.5 Å². The summed E-state index contributed by atoms with van der Waals surface area (Å²) in [6, 6.07) is 5.49. The molecular weight excluding hydrogens is 406 g/mol. The minimum Gasteiger partial charge on any atom is -0.444 e. The Morgan fingerprint density at radius 2 is 1.69 bits per heavy atom. The van der Waals surface area contributed by atoms with Crippen LogP contribution >= 0.6 is 0 Å². The molecule has 0 aliphatic carbocycles. The number of primary amides is 1. The molecule has 1 aliphatic heterocycles. The summed E-state index contributed by atoms with van der Waals surface area (Å²) in [5.41, 5.74) is 7.38. The molecule has 3 rings (SSSR count). The lowest BCUT2D eigenvalue weighted by Gasteiger charge is -2.35. The Hall–Kier alpha value is -2.61. The number of fused-ring (bicyclic) bond motifs is 1. The minimum absolute atomic E-state index is 0.224. The lowest BCUT2D eigenvalue weighted by Crippen LogP contribution is -2.50. The molecule has 0 radical (unpaired) electrons. The van der Waals surface area contributed by atoms with Crippen molar-refractivity contribution < 1.29 is 14.3 Å². The third-order valence-corrected chi connectivity index (χ3v) is 5.34. The van der Waals surface area contributed by atoms with Gasteiger partial charge in [-0.2, -0.15) is 5.10 Å². The molecular formula is C24H39N5O3. The highest BCUT2D eigenvalue weighted by atomic mass is 16.6. The smallest absolute Gasteiger partial charge is 0.410 e. The van der Waals surface area contributed by atoms with Crippen molar-refractivity contribution in [1.82, 2.24) is 19.6 Å². The molecule has 0 atom stereocenters. The van der Waals surface area contributed by atoms with Crippen molar-refractivity contribution in [3.63, 3.8) is 0 Å². The van der Waals surface area contributed by atoms with Crippen LogP contribution in [-0.2, 0) is 11.3 Å². The van der Waals surface area contributed by atoms with E-state index in [9.17, 15) is 9.59 Å². The van der Waals surface area contributed by atoms with Crippen molar-refractivity contribution in [2.75, 3.05) is 32.7 Å². The fourth-order valence-electron chi connectivity index (χ4n) is 3.74. The van der Waals surface area contributed by atoms with Gasteiger partial charge in [-0.15, -0.1) is 0 Å². The number of amides is 2. The quantitative estimate of drug-likeness (QED) is 0.683. The number of aromatic nitrogens is 2. The number of hydrogen-bond acceptors (Lipinski definition) is 5. The molecule has 1 saturated heterocycles. The number of carbonyl (C=O) groups is 2. The van der Waals surface area contributed by atoms with Crippen LogP contribution in [0.3, 0.4) is 0 Å². The van der Waals surface area contributed by atoms with E-state index >= 15 is 0 Å². The molecule has 0 unspecified atom stereocenters. The number of hydrogen-bond donors (Lipinski definition) is 1. The molecule has 2 N–H and O–H groups in total. The van der Waals surface area contributed by atoms with Crippen LogP contribution < -0.4 is 5.73 Å². The van der Waals surface area contributed by atoms with Gasteiger partial charge in [0.25, 0.3) is 0 Å². The van der Waals surface area contributed by atoms with Crippen LogP contribution in [0.25, 0.3) is 10.9 Å². The van der Waals surface area contributed by atoms with E-state index in [1.54, 1.807) is 11.0 Å². The third kappa shape index (κ3) is 6.95. The highest BCUT2D eigenvalue weighted by molar-refractivity contribution is 5.97. The summed E-state index contributed by atoms with van der Waals surface area (Å²) in [5.74, 6) is -0.423. The summed E-state index contributed by atoms with van der Waals surface area (Å²) in [6.07, 6.45) is 1.81. The Kier molecular flexibility index (Phi) is 9.07. The molecule has 2 aromatic rings. The van der Waals surface area contributed by atoms with E-state index in [0.29, 0.717) is 18.7 Å². The molecule has 178 valence electrons. The zero-order chi connectivity index (χ0) is 23.9. The molecule has 8 nitrogen and oxygen atoms in total. The second kappa shape index (κ2) is 11.3. The maximum Gasteiger partial charge on any atom is 0.410 e. The molecule has 32 heavy (non-hydrogen) atoms. The first-order valence-corrected chi connectivity index (χ1v) is 11.6. The van der Waals surface area contributed by atoms with Gasteiger partial charge in [0.1, 0.15) is 5.60 Å². The van der Waals surface area contributed by atoms with Gasteiger partial charge in [0.05, 0.1) is 11.2 Å². The number of rotatable bonds is 6. The number of aryl methyl sites for hydroxylation is 2. The van der Waals surface area contributed by atoms with Gasteiger partial charge in [0.2, 0.25) is 5.91 Å². The van der Waals surface area contributed by atoms with E-state index in [1.165, 1.54) is 0 Å². The van der Waals surface area contributed by atoms with Gasteiger partial charge in [-0.05, 0) is 59.2 Å². The number of carbonyl (C=O) groups excluding carboxylic acids is 2. The van der Waals surface area contributed by atoms with Crippen LogP contribution in [0, 0.1) is 6.92 Å². The number of piperazine rings is 1. The predicted molar refractivity (Wildman–Crippen MR) is 128 cm³/mol. The van der Waals surface area contributed by atoms with Crippen LogP contribution in [0.15, 0.2) is 18.2 Å². The number of unbranched alkanes of at least 4 members (excludes halogenated alkanes) is 1. The van der Waals surface area contributed by atoms with Gasteiger partial charge >= 0.3 is 6.09 Å². The number of nitrogens with zero attached hydrogens (tertiary/aromatic N) is 4. The number of nitrogens with two attached hydrogens (primary N) is 1. The van der Waals surface area contributed by atoms with Gasteiger partial charge in [-0.1, -0.05) is 19.9 Å². The molecule has 8 heteroatoms. The summed E-state index contributed by atoms with van der Waals surface area (Å²) in [6.45, 7) is 16.6. The van der Waals surface area contributed by atoms with E-state index in [0.717, 1.165) is 55.6 Å². The van der Waals surface area contributed by atoms with E-state index in [2.05, 4.69) is 10.00 Å². The van der Waals surface area contributed by atoms with E-state index < -0.39 is 11.5 Å². The largest absolute Gasteiger partial charge is 0.444 e. The molecule has 1 fully saturated rings. The average molecular weight is 446 g/mol. The SMILES string of the molecule is CC.Cc1nn(CCCCN2CCN(C(=O)OC(C)(C)C)CC2)c2cc(C(N)=O)ccc12. The topological polar surface area (TPSA) is 93.7 Å². The molecule has 0 bridgehead atoms. The molecule has 0 spiro atoms. The van der Waals surface area contributed by atoms with Gasteiger partial charge < -0.3 is 15.4 Å². The maximum absolute atomic E-state index is 12.2. The van der Waals surface area contributed by atoms with E-state index in [1.807, 2.05) is 58.4 Å². The van der Waals surface area contributed by atoms with Gasteiger partial charge in [0.15, 0.2) is 0 Å². The van der Waals surface area contributed by atoms with Crippen LogP contribution in [0.2, 0.25) is 0 Å². The third-order valence-electron chi connectivity index (χ3n) is 5.34. The molecule has 1 aromatic heterocycles. The van der Waals surface area contributed by atoms with Crippen LogP contribution in [0.4, 0.5) is 4.79 Å². The van der Waals surface area contributed by atoms with Crippen molar-refractivity contribution in [2.24, 2.45) is 5.73 Å². The molecule has 0 saturated carbocycles. The van der Waals surface area contributed by atoms with Crippen LogP contribution in [0.5, 0.6) is 0 Å². The predicted octanol–water partition coefficient (Wildman–Crippen LogP) is 3.80. The standard InChI is InChI=1S/C22H33N5O3.C2H6/c1-16-18-8-7-17(20(23)28)15-19(18)27(24-16)10-6-5-9-25-11-13-26(14-12-25)21(29)30-22(2,3)4;1-2/h7-8,15H,5-6,9-14H2,1-4H3,(H2,23,28);1-2H3. The second-order valence-corrected chi connectivity index (χ2v) is 8.92. The summed E-state index contributed by atoms with van der Waals surface area (Å²) in [5, 5.41) is 5.68. The fraction of sp³-hybridized carbons (Fsp3) is 0.625. The van der Waals surface area contributed by atoms with Gasteiger partial charge in [0, 0.05) is 43.7 Å². The fourth-order valence-corrected chi connectivity index (χ4v) is 3.74. The number of benzene rings is 1. The zero-order valence-electron chi connectivity index (χ0n) is 20.5. The summed E-state index contributed by atoms with van der Waals surface area (Å²) in [4.78, 5) is 27.8. The Labute approximate surface area is 191 Å². The maximum atomic E-state index is 12.2. The average Bonchev–Trinajstić information content (AvgIpc) is 3.07. The molecule has 2 heterocycles. The molecule has 2 amide bonds. The lowest BCUT2D eigenvalue weighted by molar-refractivity contribution is 0.0144. The van der Waals surface area contributed by atoms with Crippen molar-refractivity contribution in [2.45, 2.75) is 66.5 Å². The Balaban J connectivity index is 0.00000176. The Morgan fingerprint density at radius 3 is 2.28 bits per heavy atom. The summed E-state index contributed by atoms with van der Waals surface area (Å²) < 4.78 is 7.42. The van der Waals surface area contributed by atoms with Gasteiger partial charge in [-0.25, -0.2) is 4.79 Å². The van der Waals surface area contributed by atoms with E-state index in [4.69, 9.17) is 10.5 Å². The van der Waals surface area contributed by atoms with Gasteiger partial charge in [-0.3, -0.25) is 14.4 Å². The zero-order valence-corrected chi connectivity index (χ0v) is 20.5. The summed E-state index contributed by atoms with van der Waals surface area (Å²) in [7, 11) is 0. The van der Waals surface area contributed by atoms with Crippen molar-refractivity contribution >= 4 is 22.9 Å². The highest BCUT2D eigenvalue weighted by Crippen LogP contribution is 2.20. The summed E-state index contributed by atoms with van der Waals surface area (Å²) >= 11 is 0. The van der Waals surface area contributed by atoms with Crippen molar-refractivity contribution in [3.05, 3.63) is 29.5 Å². The van der Waals surface area contributed by atoms with Crippen LogP contribution in [-0.4, -0.2) is 69.9 Å².